The number of fused-ring (bicyclic) bond motifs is 1. The second-order valence-corrected chi connectivity index (χ2v) is 7.80. The third kappa shape index (κ3) is 3.88. The molecule has 0 atom stereocenters. The SMILES string of the molecule is COc1cc(C(F)(F)F)ccc1C(=O)N1CC(n2cc(-c3ccc4cnccc4c3)nn2)C1. The molecular weight excluding hydrogens is 435 g/mol. The Morgan fingerprint density at radius 3 is 2.67 bits per heavy atom. The summed E-state index contributed by atoms with van der Waals surface area (Å²) in [6, 6.07) is 10.7. The van der Waals surface area contributed by atoms with E-state index in [-0.39, 0.29) is 23.3 Å². The molecule has 2 aromatic heterocycles. The van der Waals surface area contributed by atoms with Gasteiger partial charge in [-0.1, -0.05) is 17.3 Å². The van der Waals surface area contributed by atoms with Crippen LogP contribution >= 0.6 is 0 Å². The van der Waals surface area contributed by atoms with Gasteiger partial charge in [0.1, 0.15) is 11.4 Å². The van der Waals surface area contributed by atoms with E-state index in [1.807, 2.05) is 30.5 Å². The van der Waals surface area contributed by atoms with Crippen LogP contribution in [0.25, 0.3) is 22.0 Å². The molecule has 1 saturated heterocycles. The van der Waals surface area contributed by atoms with Crippen LogP contribution in [-0.4, -0.2) is 51.0 Å². The molecule has 0 N–H and O–H groups in total. The summed E-state index contributed by atoms with van der Waals surface area (Å²) < 4.78 is 45.6. The molecule has 1 aliphatic heterocycles. The summed E-state index contributed by atoms with van der Waals surface area (Å²) in [7, 11) is 1.24. The molecule has 0 bridgehead atoms. The van der Waals surface area contributed by atoms with E-state index in [1.165, 1.54) is 7.11 Å². The van der Waals surface area contributed by atoms with E-state index in [4.69, 9.17) is 4.74 Å². The molecule has 168 valence electrons. The van der Waals surface area contributed by atoms with Gasteiger partial charge in [-0.25, -0.2) is 4.68 Å². The number of pyridine rings is 1. The summed E-state index contributed by atoms with van der Waals surface area (Å²) in [6.45, 7) is 0.740. The quantitative estimate of drug-likeness (QED) is 0.463. The van der Waals surface area contributed by atoms with Gasteiger partial charge in [-0.2, -0.15) is 13.2 Å². The molecule has 5 rings (SSSR count). The van der Waals surface area contributed by atoms with E-state index < -0.39 is 11.7 Å². The van der Waals surface area contributed by atoms with Crippen LogP contribution in [0.5, 0.6) is 5.75 Å². The molecule has 0 unspecified atom stereocenters. The van der Waals surface area contributed by atoms with Crippen molar-refractivity contribution in [1.29, 1.82) is 0 Å². The molecular formula is C23H18F3N5O2. The molecule has 0 saturated carbocycles. The van der Waals surface area contributed by atoms with Crippen LogP contribution in [0.4, 0.5) is 13.2 Å². The zero-order chi connectivity index (χ0) is 23.2. The molecule has 1 amide bonds. The number of benzene rings is 2. The molecule has 10 heteroatoms. The number of halogens is 3. The summed E-state index contributed by atoms with van der Waals surface area (Å²) in [5.41, 5.74) is 0.857. The number of methoxy groups -OCH3 is 1. The fourth-order valence-corrected chi connectivity index (χ4v) is 3.83. The van der Waals surface area contributed by atoms with Crippen LogP contribution < -0.4 is 4.74 Å². The normalized spacial score (nSPS) is 14.4. The number of alkyl halides is 3. The third-order valence-electron chi connectivity index (χ3n) is 5.73. The van der Waals surface area contributed by atoms with Gasteiger partial charge < -0.3 is 9.64 Å². The standard InChI is InChI=1S/C23H18F3N5O2/c1-33-21-9-17(23(24,25)26)4-5-19(21)22(32)30-11-18(12-30)31-13-20(28-29-31)15-2-3-16-10-27-7-6-14(16)8-15/h2-10,13,18H,11-12H2,1H3. The van der Waals surface area contributed by atoms with E-state index in [0.717, 1.165) is 34.5 Å². The van der Waals surface area contributed by atoms with Gasteiger partial charge in [0.25, 0.3) is 5.91 Å². The molecule has 2 aromatic carbocycles. The van der Waals surface area contributed by atoms with E-state index in [2.05, 4.69) is 15.3 Å². The Labute approximate surface area is 186 Å². The second kappa shape index (κ2) is 7.88. The van der Waals surface area contributed by atoms with Crippen LogP contribution in [-0.2, 0) is 6.18 Å². The summed E-state index contributed by atoms with van der Waals surface area (Å²) in [4.78, 5) is 18.5. The van der Waals surface area contributed by atoms with Crippen LogP contribution in [0.15, 0.2) is 61.1 Å². The second-order valence-electron chi connectivity index (χ2n) is 7.80. The molecule has 0 radical (unpaired) electrons. The number of ether oxygens (including phenoxy) is 1. The number of amides is 1. The third-order valence-corrected chi connectivity index (χ3v) is 5.73. The lowest BCUT2D eigenvalue weighted by Gasteiger charge is -2.39. The zero-order valence-electron chi connectivity index (χ0n) is 17.5. The highest BCUT2D eigenvalue weighted by Gasteiger charge is 2.36. The number of nitrogens with zero attached hydrogens (tertiary/aromatic N) is 5. The van der Waals surface area contributed by atoms with Crippen LogP contribution in [0.2, 0.25) is 0 Å². The first-order valence-electron chi connectivity index (χ1n) is 10.1. The van der Waals surface area contributed by atoms with Gasteiger partial charge in [-0.3, -0.25) is 9.78 Å². The number of carbonyl (C=O) groups excluding carboxylic acids is 1. The molecule has 1 aliphatic rings. The van der Waals surface area contributed by atoms with Gasteiger partial charge >= 0.3 is 6.18 Å². The smallest absolute Gasteiger partial charge is 0.416 e. The molecule has 33 heavy (non-hydrogen) atoms. The minimum atomic E-state index is -4.51. The highest BCUT2D eigenvalue weighted by Crippen LogP contribution is 2.34. The first-order valence-corrected chi connectivity index (χ1v) is 10.1. The first kappa shape index (κ1) is 20.9. The van der Waals surface area contributed by atoms with E-state index in [0.29, 0.717) is 18.8 Å². The van der Waals surface area contributed by atoms with E-state index in [1.54, 1.807) is 22.0 Å². The van der Waals surface area contributed by atoms with Crippen molar-refractivity contribution in [2.24, 2.45) is 0 Å². The Bertz CT molecular complexity index is 1350. The summed E-state index contributed by atoms with van der Waals surface area (Å²) in [6.07, 6.45) is 0.840. The molecule has 1 fully saturated rings. The maximum absolute atomic E-state index is 12.9. The molecule has 4 aromatic rings. The molecule has 7 nitrogen and oxygen atoms in total. The van der Waals surface area contributed by atoms with Crippen molar-refractivity contribution in [3.05, 3.63) is 72.2 Å². The van der Waals surface area contributed by atoms with Gasteiger partial charge in [0.15, 0.2) is 0 Å². The fraction of sp³-hybridized carbons (Fsp3) is 0.217. The largest absolute Gasteiger partial charge is 0.496 e. The fourth-order valence-electron chi connectivity index (χ4n) is 3.83. The van der Waals surface area contributed by atoms with Crippen molar-refractivity contribution >= 4 is 16.7 Å². The van der Waals surface area contributed by atoms with Gasteiger partial charge in [0.05, 0.1) is 30.5 Å². The van der Waals surface area contributed by atoms with Crippen LogP contribution in [0.1, 0.15) is 22.0 Å². The van der Waals surface area contributed by atoms with Crippen molar-refractivity contribution in [1.82, 2.24) is 24.9 Å². The zero-order valence-corrected chi connectivity index (χ0v) is 17.5. The first-order chi connectivity index (χ1) is 15.8. The summed E-state index contributed by atoms with van der Waals surface area (Å²) in [5, 5.41) is 10.5. The maximum atomic E-state index is 12.9. The van der Waals surface area contributed by atoms with E-state index in [9.17, 15) is 18.0 Å². The lowest BCUT2D eigenvalue weighted by molar-refractivity contribution is -0.137. The average molecular weight is 453 g/mol. The number of likely N-dealkylation sites (tertiary alicyclic amines) is 1. The Hall–Kier alpha value is -3.95. The van der Waals surface area contributed by atoms with Crippen molar-refractivity contribution in [2.75, 3.05) is 20.2 Å². The molecule has 0 aliphatic carbocycles. The Balaban J connectivity index is 1.29. The Morgan fingerprint density at radius 1 is 1.09 bits per heavy atom. The average Bonchev–Trinajstić information content (AvgIpc) is 3.26. The minimum Gasteiger partial charge on any atom is -0.496 e. The van der Waals surface area contributed by atoms with Gasteiger partial charge in [0, 0.05) is 36.4 Å². The minimum absolute atomic E-state index is 0.0692. The van der Waals surface area contributed by atoms with Gasteiger partial charge in [-0.05, 0) is 35.7 Å². The summed E-state index contributed by atoms with van der Waals surface area (Å²) >= 11 is 0. The maximum Gasteiger partial charge on any atom is 0.416 e. The summed E-state index contributed by atoms with van der Waals surface area (Å²) in [5.74, 6) is -0.492. The molecule has 0 spiro atoms. The van der Waals surface area contributed by atoms with Crippen LogP contribution in [0, 0.1) is 0 Å². The van der Waals surface area contributed by atoms with Crippen molar-refractivity contribution in [3.63, 3.8) is 0 Å². The topological polar surface area (TPSA) is 73.1 Å². The Morgan fingerprint density at radius 2 is 1.91 bits per heavy atom. The van der Waals surface area contributed by atoms with Crippen LogP contribution in [0.3, 0.4) is 0 Å². The Kier molecular flexibility index (Phi) is 4.99. The number of hydrogen-bond donors (Lipinski definition) is 0. The molecule has 3 heterocycles. The predicted molar refractivity (Wildman–Crippen MR) is 114 cm³/mol. The number of carbonyl (C=O) groups is 1. The number of aromatic nitrogens is 4. The van der Waals surface area contributed by atoms with Crippen molar-refractivity contribution in [3.8, 4) is 17.0 Å². The van der Waals surface area contributed by atoms with Crippen molar-refractivity contribution < 1.29 is 22.7 Å². The highest BCUT2D eigenvalue weighted by molar-refractivity contribution is 5.97. The highest BCUT2D eigenvalue weighted by atomic mass is 19.4. The van der Waals surface area contributed by atoms with E-state index >= 15 is 0 Å². The van der Waals surface area contributed by atoms with Gasteiger partial charge in [-0.15, -0.1) is 5.10 Å². The lowest BCUT2D eigenvalue weighted by atomic mass is 10.0. The number of hydrogen-bond acceptors (Lipinski definition) is 5. The number of rotatable bonds is 4. The monoisotopic (exact) mass is 453 g/mol. The lowest BCUT2D eigenvalue weighted by Crippen LogP contribution is -2.51. The van der Waals surface area contributed by atoms with Crippen molar-refractivity contribution in [2.45, 2.75) is 12.2 Å². The predicted octanol–water partition coefficient (Wildman–Crippen LogP) is 4.22. The van der Waals surface area contributed by atoms with Gasteiger partial charge in [0.2, 0.25) is 0 Å².